The highest BCUT2D eigenvalue weighted by atomic mass is 19.1. The molecule has 0 aromatic carbocycles. The fourth-order valence-electron chi connectivity index (χ4n) is 4.12. The van der Waals surface area contributed by atoms with Gasteiger partial charge in [-0.25, -0.2) is 23.1 Å². The number of nitrogen functional groups attached to an aromatic ring is 1. The molecule has 0 unspecified atom stereocenters. The largest absolute Gasteiger partial charge is 0.462 e. The van der Waals surface area contributed by atoms with Crippen molar-refractivity contribution < 1.29 is 18.3 Å². The van der Waals surface area contributed by atoms with Crippen molar-refractivity contribution in [1.29, 1.82) is 0 Å². The van der Waals surface area contributed by atoms with E-state index in [1.807, 2.05) is 0 Å². The number of carbonyl (C=O) groups is 1. The Kier molecular flexibility index (Phi) is 6.27. The van der Waals surface area contributed by atoms with E-state index in [4.69, 9.17) is 16.2 Å². The SMILES string of the molecule is CCOC(=O)c1c(N)nn2ccc(N3C[C@@H](F)C[C@@H]3c3cc(F)cn(CCCN)c3=O)nc12. The molecule has 1 fully saturated rings. The molecule has 0 radical (unpaired) electrons. The predicted molar refractivity (Wildman–Crippen MR) is 117 cm³/mol. The van der Waals surface area contributed by atoms with Crippen molar-refractivity contribution in [2.75, 3.05) is 30.3 Å². The Morgan fingerprint density at radius 2 is 2.18 bits per heavy atom. The number of fused-ring (bicyclic) bond motifs is 1. The lowest BCUT2D eigenvalue weighted by molar-refractivity contribution is 0.0529. The van der Waals surface area contributed by atoms with Crippen LogP contribution in [0.15, 0.2) is 29.3 Å². The summed E-state index contributed by atoms with van der Waals surface area (Å²) in [4.78, 5) is 31.4. The van der Waals surface area contributed by atoms with E-state index in [0.717, 1.165) is 12.3 Å². The van der Waals surface area contributed by atoms with E-state index in [0.29, 0.717) is 18.8 Å². The molecule has 0 amide bonds. The van der Waals surface area contributed by atoms with Crippen LogP contribution in [0.5, 0.6) is 0 Å². The number of nitrogens with zero attached hydrogens (tertiary/aromatic N) is 5. The first-order chi connectivity index (χ1) is 15.8. The van der Waals surface area contributed by atoms with Gasteiger partial charge in [0, 0.05) is 30.9 Å². The Bertz CT molecular complexity index is 1240. The van der Waals surface area contributed by atoms with Gasteiger partial charge in [-0.15, -0.1) is 5.10 Å². The molecule has 3 aromatic rings. The zero-order valence-corrected chi connectivity index (χ0v) is 18.1. The van der Waals surface area contributed by atoms with Crippen molar-refractivity contribution in [3.05, 3.63) is 51.8 Å². The number of aryl methyl sites for hydroxylation is 1. The van der Waals surface area contributed by atoms with Gasteiger partial charge in [0.1, 0.15) is 23.4 Å². The molecule has 0 bridgehead atoms. The first-order valence-electron chi connectivity index (χ1n) is 10.7. The van der Waals surface area contributed by atoms with Gasteiger partial charge < -0.3 is 25.7 Å². The summed E-state index contributed by atoms with van der Waals surface area (Å²) in [5.74, 6) is -1.02. The first kappa shape index (κ1) is 22.6. The Hall–Kier alpha value is -3.54. The second-order valence-electron chi connectivity index (χ2n) is 7.79. The third-order valence-electron chi connectivity index (χ3n) is 5.56. The van der Waals surface area contributed by atoms with Crippen molar-refractivity contribution in [3.8, 4) is 0 Å². The van der Waals surface area contributed by atoms with Crippen LogP contribution in [0.25, 0.3) is 5.65 Å². The number of pyridine rings is 1. The maximum Gasteiger partial charge on any atom is 0.345 e. The third kappa shape index (κ3) is 4.25. The van der Waals surface area contributed by atoms with Crippen LogP contribution in [0.1, 0.15) is 41.7 Å². The summed E-state index contributed by atoms with van der Waals surface area (Å²) >= 11 is 0. The summed E-state index contributed by atoms with van der Waals surface area (Å²) in [6.45, 7) is 2.36. The minimum absolute atomic E-state index is 0.00106. The summed E-state index contributed by atoms with van der Waals surface area (Å²) in [6, 6.07) is 1.97. The van der Waals surface area contributed by atoms with Crippen molar-refractivity contribution in [1.82, 2.24) is 19.2 Å². The molecule has 4 heterocycles. The minimum atomic E-state index is -1.26. The normalized spacial score (nSPS) is 18.2. The second kappa shape index (κ2) is 9.14. The number of esters is 1. The number of anilines is 2. The van der Waals surface area contributed by atoms with E-state index in [1.54, 1.807) is 17.9 Å². The maximum absolute atomic E-state index is 14.6. The van der Waals surface area contributed by atoms with Crippen molar-refractivity contribution in [3.63, 3.8) is 0 Å². The molecule has 0 spiro atoms. The molecule has 12 heteroatoms. The quantitative estimate of drug-likeness (QED) is 0.505. The topological polar surface area (TPSA) is 134 Å². The van der Waals surface area contributed by atoms with Gasteiger partial charge in [-0.2, -0.15) is 0 Å². The van der Waals surface area contributed by atoms with Crippen LogP contribution in [-0.2, 0) is 11.3 Å². The van der Waals surface area contributed by atoms with Crippen LogP contribution in [0.2, 0.25) is 0 Å². The van der Waals surface area contributed by atoms with Crippen LogP contribution in [0.3, 0.4) is 0 Å². The summed E-state index contributed by atoms with van der Waals surface area (Å²) in [7, 11) is 0. The third-order valence-corrected chi connectivity index (χ3v) is 5.56. The summed E-state index contributed by atoms with van der Waals surface area (Å²) in [5, 5.41) is 4.07. The van der Waals surface area contributed by atoms with E-state index in [1.165, 1.54) is 15.3 Å². The zero-order chi connectivity index (χ0) is 23.7. The predicted octanol–water partition coefficient (Wildman–Crippen LogP) is 1.43. The molecule has 1 aliphatic rings. The maximum atomic E-state index is 14.6. The van der Waals surface area contributed by atoms with Crippen LogP contribution in [0.4, 0.5) is 20.4 Å². The van der Waals surface area contributed by atoms with Gasteiger partial charge in [0.25, 0.3) is 5.56 Å². The number of carbonyl (C=O) groups excluding carboxylic acids is 1. The molecule has 0 saturated carbocycles. The second-order valence-corrected chi connectivity index (χ2v) is 7.79. The minimum Gasteiger partial charge on any atom is -0.462 e. The summed E-state index contributed by atoms with van der Waals surface area (Å²) in [6.07, 6.45) is 1.89. The molecule has 0 aliphatic carbocycles. The Morgan fingerprint density at radius 3 is 2.91 bits per heavy atom. The van der Waals surface area contributed by atoms with Gasteiger partial charge in [0.15, 0.2) is 11.5 Å². The van der Waals surface area contributed by atoms with Gasteiger partial charge in [-0.05, 0) is 32.0 Å². The molecular formula is C21H25F2N7O3. The van der Waals surface area contributed by atoms with E-state index in [9.17, 15) is 18.4 Å². The van der Waals surface area contributed by atoms with Crippen molar-refractivity contribution in [2.45, 2.75) is 38.5 Å². The molecule has 33 heavy (non-hydrogen) atoms. The van der Waals surface area contributed by atoms with Crippen LogP contribution >= 0.6 is 0 Å². The smallest absolute Gasteiger partial charge is 0.345 e. The standard InChI is InChI=1S/C21H25F2N7O3/c1-2-33-21(32)17-18(25)27-30-7-4-16(26-19(17)30)29-11-13(23)9-15(29)14-8-12(22)10-28(20(14)31)6-3-5-24/h4,7-8,10,13,15H,2-3,5-6,9,11,24H2,1H3,(H2,25,27)/t13-,15+/m0/s1. The molecular weight excluding hydrogens is 436 g/mol. The number of aromatic nitrogens is 4. The molecule has 2 atom stereocenters. The Balaban J connectivity index is 1.77. The molecule has 3 aromatic heterocycles. The first-order valence-corrected chi connectivity index (χ1v) is 10.7. The Labute approximate surface area is 187 Å². The monoisotopic (exact) mass is 461 g/mol. The van der Waals surface area contributed by atoms with E-state index in [-0.39, 0.29) is 48.7 Å². The summed E-state index contributed by atoms with van der Waals surface area (Å²) < 4.78 is 36.5. The molecule has 1 saturated heterocycles. The number of halogens is 2. The number of nitrogens with two attached hydrogens (primary N) is 2. The van der Waals surface area contributed by atoms with Crippen molar-refractivity contribution in [2.24, 2.45) is 5.73 Å². The number of ether oxygens (including phenoxy) is 1. The summed E-state index contributed by atoms with van der Waals surface area (Å²) in [5.41, 5.74) is 11.3. The number of alkyl halides is 1. The van der Waals surface area contributed by atoms with Gasteiger partial charge in [-0.1, -0.05) is 0 Å². The highest BCUT2D eigenvalue weighted by Gasteiger charge is 2.36. The van der Waals surface area contributed by atoms with Crippen LogP contribution < -0.4 is 21.9 Å². The van der Waals surface area contributed by atoms with Crippen LogP contribution in [-0.4, -0.2) is 51.0 Å². The average Bonchev–Trinajstić information content (AvgIpc) is 3.32. The van der Waals surface area contributed by atoms with Crippen LogP contribution in [0, 0.1) is 5.82 Å². The number of rotatable bonds is 7. The fraction of sp³-hybridized carbons (Fsp3) is 0.429. The average molecular weight is 461 g/mol. The van der Waals surface area contributed by atoms with E-state index < -0.39 is 29.6 Å². The zero-order valence-electron chi connectivity index (χ0n) is 18.1. The lowest BCUT2D eigenvalue weighted by atomic mass is 10.1. The molecule has 4 N–H and O–H groups in total. The number of hydrogen-bond acceptors (Lipinski definition) is 8. The molecule has 176 valence electrons. The Morgan fingerprint density at radius 1 is 1.39 bits per heavy atom. The lowest BCUT2D eigenvalue weighted by Crippen LogP contribution is -2.32. The van der Waals surface area contributed by atoms with Crippen molar-refractivity contribution >= 4 is 23.3 Å². The highest BCUT2D eigenvalue weighted by molar-refractivity contribution is 6.00. The molecule has 4 rings (SSSR count). The fourth-order valence-corrected chi connectivity index (χ4v) is 4.12. The van der Waals surface area contributed by atoms with Gasteiger partial charge >= 0.3 is 5.97 Å². The van der Waals surface area contributed by atoms with Gasteiger partial charge in [0.05, 0.1) is 19.2 Å². The van der Waals surface area contributed by atoms with E-state index >= 15 is 0 Å². The highest BCUT2D eigenvalue weighted by Crippen LogP contribution is 2.36. The van der Waals surface area contributed by atoms with Gasteiger partial charge in [0.2, 0.25) is 0 Å². The van der Waals surface area contributed by atoms with E-state index in [2.05, 4.69) is 10.1 Å². The number of hydrogen-bond donors (Lipinski definition) is 2. The molecule has 10 nitrogen and oxygen atoms in total. The molecule has 1 aliphatic heterocycles. The van der Waals surface area contributed by atoms with Gasteiger partial charge in [-0.3, -0.25) is 4.79 Å². The lowest BCUT2D eigenvalue weighted by Gasteiger charge is -2.25.